The van der Waals surface area contributed by atoms with Crippen LogP contribution in [0.1, 0.15) is 43.5 Å². The molecule has 0 saturated heterocycles. The lowest BCUT2D eigenvalue weighted by Gasteiger charge is -2.22. The van der Waals surface area contributed by atoms with Gasteiger partial charge in [0.2, 0.25) is 5.91 Å². The number of rotatable bonds is 3. The Balaban J connectivity index is 1.95. The van der Waals surface area contributed by atoms with Crippen LogP contribution in [-0.4, -0.2) is 21.7 Å². The van der Waals surface area contributed by atoms with Crippen molar-refractivity contribution < 1.29 is 18.0 Å². The van der Waals surface area contributed by atoms with Crippen molar-refractivity contribution >= 4 is 5.91 Å². The first-order valence-electron chi connectivity index (χ1n) is 6.77. The maximum atomic E-state index is 12.5. The fourth-order valence-corrected chi connectivity index (χ4v) is 2.47. The number of hydrogen-bond acceptors (Lipinski definition) is 2. The van der Waals surface area contributed by atoms with Crippen molar-refractivity contribution in [2.75, 3.05) is 0 Å². The molecule has 7 heteroatoms. The maximum absolute atomic E-state index is 12.5. The number of nitrogens with zero attached hydrogens (tertiary/aromatic N) is 2. The number of aryl methyl sites for hydroxylation is 1. The van der Waals surface area contributed by atoms with Gasteiger partial charge in [-0.2, -0.15) is 18.3 Å². The fraction of sp³-hybridized carbons (Fsp3) is 0.692. The Bertz CT molecular complexity index is 476. The molecule has 1 fully saturated rings. The Morgan fingerprint density at radius 2 is 2.05 bits per heavy atom. The maximum Gasteiger partial charge on any atom is 0.435 e. The quantitative estimate of drug-likeness (QED) is 0.930. The smallest absolute Gasteiger partial charge is 0.352 e. The normalized spacial score (nSPS) is 17.2. The Morgan fingerprint density at radius 1 is 1.40 bits per heavy atom. The molecule has 0 radical (unpaired) electrons. The van der Waals surface area contributed by atoms with Crippen LogP contribution >= 0.6 is 0 Å². The molecule has 0 spiro atoms. The third kappa shape index (κ3) is 3.74. The molecule has 0 unspecified atom stereocenters. The summed E-state index contributed by atoms with van der Waals surface area (Å²) in [5.41, 5.74) is -0.628. The van der Waals surface area contributed by atoms with Crippen LogP contribution in [0.3, 0.4) is 0 Å². The topological polar surface area (TPSA) is 46.9 Å². The first kappa shape index (κ1) is 14.9. The van der Waals surface area contributed by atoms with E-state index >= 15 is 0 Å². The highest BCUT2D eigenvalue weighted by atomic mass is 19.4. The monoisotopic (exact) mass is 289 g/mol. The molecule has 1 aliphatic carbocycles. The predicted octanol–water partition coefficient (Wildman–Crippen LogP) is 2.66. The molecule has 4 nitrogen and oxygen atoms in total. The molecular weight excluding hydrogens is 271 g/mol. The second-order valence-corrected chi connectivity index (χ2v) is 5.23. The van der Waals surface area contributed by atoms with E-state index in [1.807, 2.05) is 0 Å². The molecule has 1 aromatic heterocycles. The first-order valence-corrected chi connectivity index (χ1v) is 6.77. The van der Waals surface area contributed by atoms with Gasteiger partial charge in [0.05, 0.1) is 0 Å². The predicted molar refractivity (Wildman–Crippen MR) is 67.0 cm³/mol. The third-order valence-electron chi connectivity index (χ3n) is 3.54. The largest absolute Gasteiger partial charge is 0.435 e. The zero-order valence-electron chi connectivity index (χ0n) is 11.3. The highest BCUT2D eigenvalue weighted by Crippen LogP contribution is 2.28. The van der Waals surface area contributed by atoms with Crippen LogP contribution in [0.4, 0.5) is 13.2 Å². The van der Waals surface area contributed by atoms with Crippen molar-refractivity contribution in [3.8, 4) is 0 Å². The Kier molecular flexibility index (Phi) is 4.35. The summed E-state index contributed by atoms with van der Waals surface area (Å²) in [5, 5.41) is 6.31. The van der Waals surface area contributed by atoms with Crippen molar-refractivity contribution in [2.45, 2.75) is 57.8 Å². The van der Waals surface area contributed by atoms with E-state index in [0.29, 0.717) is 5.69 Å². The lowest BCUT2D eigenvalue weighted by atomic mass is 9.95. The lowest BCUT2D eigenvalue weighted by molar-refractivity contribution is -0.141. The van der Waals surface area contributed by atoms with Gasteiger partial charge in [-0.05, 0) is 25.8 Å². The Hall–Kier alpha value is -1.53. The molecule has 0 bridgehead atoms. The molecule has 0 atom stereocenters. The minimum Gasteiger partial charge on any atom is -0.352 e. The average Bonchev–Trinajstić information content (AvgIpc) is 2.72. The van der Waals surface area contributed by atoms with Crippen LogP contribution in [0.25, 0.3) is 0 Å². The average molecular weight is 289 g/mol. The number of aromatic nitrogens is 2. The van der Waals surface area contributed by atoms with E-state index in [1.165, 1.54) is 13.3 Å². The van der Waals surface area contributed by atoms with Crippen LogP contribution in [0, 0.1) is 6.92 Å². The zero-order valence-corrected chi connectivity index (χ0v) is 11.3. The Labute approximate surface area is 115 Å². The van der Waals surface area contributed by atoms with Gasteiger partial charge in [-0.1, -0.05) is 19.3 Å². The van der Waals surface area contributed by atoms with Crippen LogP contribution < -0.4 is 5.32 Å². The van der Waals surface area contributed by atoms with Crippen molar-refractivity contribution in [1.82, 2.24) is 15.1 Å². The van der Waals surface area contributed by atoms with E-state index in [9.17, 15) is 18.0 Å². The molecule has 2 rings (SSSR count). The van der Waals surface area contributed by atoms with Crippen LogP contribution in [0.5, 0.6) is 0 Å². The van der Waals surface area contributed by atoms with E-state index in [4.69, 9.17) is 0 Å². The summed E-state index contributed by atoms with van der Waals surface area (Å²) >= 11 is 0. The van der Waals surface area contributed by atoms with Gasteiger partial charge in [0.1, 0.15) is 6.54 Å². The van der Waals surface area contributed by atoms with Gasteiger partial charge in [0.15, 0.2) is 5.69 Å². The summed E-state index contributed by atoms with van der Waals surface area (Å²) in [6.45, 7) is 1.34. The van der Waals surface area contributed by atoms with Crippen LogP contribution in [-0.2, 0) is 17.5 Å². The summed E-state index contributed by atoms with van der Waals surface area (Å²) in [4.78, 5) is 11.8. The second kappa shape index (κ2) is 5.85. The molecule has 20 heavy (non-hydrogen) atoms. The van der Waals surface area contributed by atoms with Crippen molar-refractivity contribution in [1.29, 1.82) is 0 Å². The number of halogens is 3. The second-order valence-electron chi connectivity index (χ2n) is 5.23. The van der Waals surface area contributed by atoms with Crippen LogP contribution in [0.15, 0.2) is 6.07 Å². The van der Waals surface area contributed by atoms with Gasteiger partial charge >= 0.3 is 6.18 Å². The summed E-state index contributed by atoms with van der Waals surface area (Å²) < 4.78 is 38.6. The van der Waals surface area contributed by atoms with Gasteiger partial charge in [0.25, 0.3) is 0 Å². The van der Waals surface area contributed by atoms with Gasteiger partial charge in [0, 0.05) is 11.7 Å². The standard InChI is InChI=1S/C13H18F3N3O/c1-9-7-11(13(14,15)16)18-19(9)8-12(20)17-10-5-3-2-4-6-10/h7,10H,2-6,8H2,1H3,(H,17,20). The molecule has 1 heterocycles. The van der Waals surface area contributed by atoms with Crippen molar-refractivity contribution in [2.24, 2.45) is 0 Å². The fourth-order valence-electron chi connectivity index (χ4n) is 2.47. The minimum absolute atomic E-state index is 0.147. The third-order valence-corrected chi connectivity index (χ3v) is 3.54. The summed E-state index contributed by atoms with van der Waals surface area (Å²) in [5.74, 6) is -0.281. The number of hydrogen-bond donors (Lipinski definition) is 1. The summed E-state index contributed by atoms with van der Waals surface area (Å²) in [6, 6.07) is 1.10. The van der Waals surface area contributed by atoms with Crippen molar-refractivity contribution in [3.63, 3.8) is 0 Å². The molecule has 1 aliphatic rings. The van der Waals surface area contributed by atoms with E-state index in [1.54, 1.807) is 0 Å². The first-order chi connectivity index (χ1) is 9.36. The summed E-state index contributed by atoms with van der Waals surface area (Å²) in [6.07, 6.45) is 0.763. The number of alkyl halides is 3. The number of carbonyl (C=O) groups is 1. The van der Waals surface area contributed by atoms with E-state index in [2.05, 4.69) is 10.4 Å². The van der Waals surface area contributed by atoms with Gasteiger partial charge in [-0.25, -0.2) is 0 Å². The van der Waals surface area contributed by atoms with E-state index < -0.39 is 11.9 Å². The van der Waals surface area contributed by atoms with Gasteiger partial charge in [-0.15, -0.1) is 0 Å². The van der Waals surface area contributed by atoms with E-state index in [0.717, 1.165) is 36.4 Å². The molecule has 1 amide bonds. The molecule has 0 aromatic carbocycles. The van der Waals surface area contributed by atoms with Gasteiger partial charge < -0.3 is 5.32 Å². The van der Waals surface area contributed by atoms with Crippen molar-refractivity contribution in [3.05, 3.63) is 17.5 Å². The molecule has 1 aromatic rings. The zero-order chi connectivity index (χ0) is 14.8. The number of amides is 1. The molecule has 1 saturated carbocycles. The highest BCUT2D eigenvalue weighted by molar-refractivity contribution is 5.76. The minimum atomic E-state index is -4.48. The van der Waals surface area contributed by atoms with Gasteiger partial charge in [-0.3, -0.25) is 9.48 Å². The number of carbonyl (C=O) groups excluding carboxylic acids is 1. The SMILES string of the molecule is Cc1cc(C(F)(F)F)nn1CC(=O)NC1CCCCC1. The van der Waals surface area contributed by atoms with Crippen LogP contribution in [0.2, 0.25) is 0 Å². The lowest BCUT2D eigenvalue weighted by Crippen LogP contribution is -2.38. The molecule has 1 N–H and O–H groups in total. The number of nitrogens with one attached hydrogen (secondary N) is 1. The highest BCUT2D eigenvalue weighted by Gasteiger charge is 2.34. The summed E-state index contributed by atoms with van der Waals surface area (Å²) in [7, 11) is 0. The molecular formula is C13H18F3N3O. The molecule has 0 aliphatic heterocycles. The molecule has 112 valence electrons. The Morgan fingerprint density at radius 3 is 2.60 bits per heavy atom. The van der Waals surface area contributed by atoms with E-state index in [-0.39, 0.29) is 18.5 Å².